The summed E-state index contributed by atoms with van der Waals surface area (Å²) in [6.45, 7) is 0.567. The van der Waals surface area contributed by atoms with E-state index in [4.69, 9.17) is 12.2 Å². The molecule has 3 nitrogen and oxygen atoms in total. The highest BCUT2D eigenvalue weighted by Gasteiger charge is 2.32. The second-order valence-corrected chi connectivity index (χ2v) is 5.68. The quantitative estimate of drug-likeness (QED) is 0.602. The zero-order valence-corrected chi connectivity index (χ0v) is 13.3. The molecule has 2 aromatic carbocycles. The van der Waals surface area contributed by atoms with Crippen molar-refractivity contribution >= 4 is 33.9 Å². The monoisotopic (exact) mass is 349 g/mol. The molecule has 124 valence electrons. The Morgan fingerprint density at radius 2 is 1.79 bits per heavy atom. The molecule has 0 saturated heterocycles. The van der Waals surface area contributed by atoms with E-state index in [0.29, 0.717) is 28.2 Å². The summed E-state index contributed by atoms with van der Waals surface area (Å²) in [4.78, 5) is 2.36. The molecule has 3 rings (SSSR count). The highest BCUT2D eigenvalue weighted by molar-refractivity contribution is 7.80. The van der Waals surface area contributed by atoms with E-state index in [2.05, 4.69) is 15.6 Å². The minimum atomic E-state index is -4.39. The fourth-order valence-corrected chi connectivity index (χ4v) is 2.51. The van der Waals surface area contributed by atoms with Crippen molar-refractivity contribution in [1.29, 1.82) is 0 Å². The van der Waals surface area contributed by atoms with Crippen molar-refractivity contribution in [3.63, 3.8) is 0 Å². The lowest BCUT2D eigenvalue weighted by atomic mass is 10.2. The van der Waals surface area contributed by atoms with Crippen LogP contribution in [0.4, 0.5) is 18.9 Å². The SMILES string of the molecule is FC(F)(F)c1cc2cc(NC(=S)NCc3ccccc3)ccc2[nH]1. The largest absolute Gasteiger partial charge is 0.431 e. The Morgan fingerprint density at radius 1 is 1.04 bits per heavy atom. The van der Waals surface area contributed by atoms with Crippen LogP contribution < -0.4 is 10.6 Å². The summed E-state index contributed by atoms with van der Waals surface area (Å²) < 4.78 is 38.2. The third-order valence-corrected chi connectivity index (χ3v) is 3.73. The molecule has 0 amide bonds. The number of fused-ring (bicyclic) bond motifs is 1. The fraction of sp³-hybridized carbons (Fsp3) is 0.118. The van der Waals surface area contributed by atoms with Gasteiger partial charge in [-0.1, -0.05) is 30.3 Å². The molecule has 0 atom stereocenters. The first-order valence-electron chi connectivity index (χ1n) is 7.20. The first-order chi connectivity index (χ1) is 11.4. The Morgan fingerprint density at radius 3 is 2.50 bits per heavy atom. The standard InChI is InChI=1S/C17H14F3N3S/c18-17(19,20)15-9-12-8-13(6-7-14(12)23-15)22-16(24)21-10-11-4-2-1-3-5-11/h1-9,23H,10H2,(H2,21,22,24). The molecule has 0 radical (unpaired) electrons. The summed E-state index contributed by atoms with van der Waals surface area (Å²) >= 11 is 5.21. The molecule has 7 heteroatoms. The number of benzene rings is 2. The number of aromatic nitrogens is 1. The number of rotatable bonds is 3. The van der Waals surface area contributed by atoms with Crippen LogP contribution >= 0.6 is 12.2 Å². The summed E-state index contributed by atoms with van der Waals surface area (Å²) in [7, 11) is 0. The maximum Gasteiger partial charge on any atom is 0.431 e. The average molecular weight is 349 g/mol. The van der Waals surface area contributed by atoms with E-state index in [1.807, 2.05) is 30.3 Å². The lowest BCUT2D eigenvalue weighted by molar-refractivity contribution is -0.140. The smallest absolute Gasteiger partial charge is 0.358 e. The van der Waals surface area contributed by atoms with Crippen molar-refractivity contribution in [3.05, 3.63) is 65.9 Å². The van der Waals surface area contributed by atoms with E-state index in [0.717, 1.165) is 11.6 Å². The van der Waals surface area contributed by atoms with Crippen molar-refractivity contribution < 1.29 is 13.2 Å². The number of thiocarbonyl (C=S) groups is 1. The van der Waals surface area contributed by atoms with Crippen LogP contribution in [-0.2, 0) is 12.7 Å². The fourth-order valence-electron chi connectivity index (χ4n) is 2.32. The van der Waals surface area contributed by atoms with Crippen molar-refractivity contribution in [2.45, 2.75) is 12.7 Å². The van der Waals surface area contributed by atoms with Gasteiger partial charge in [-0.3, -0.25) is 0 Å². The molecule has 0 aliphatic heterocycles. The van der Waals surface area contributed by atoms with E-state index in [1.165, 1.54) is 0 Å². The second kappa shape index (κ2) is 6.52. The normalized spacial score (nSPS) is 11.5. The Bertz CT molecular complexity index is 856. The Kier molecular flexibility index (Phi) is 4.44. The molecule has 1 aromatic heterocycles. The number of hydrogen-bond acceptors (Lipinski definition) is 1. The van der Waals surface area contributed by atoms with Crippen molar-refractivity contribution in [2.75, 3.05) is 5.32 Å². The van der Waals surface area contributed by atoms with Gasteiger partial charge in [0.1, 0.15) is 5.69 Å². The Hall–Kier alpha value is -2.54. The lowest BCUT2D eigenvalue weighted by Gasteiger charge is -2.10. The van der Waals surface area contributed by atoms with E-state index in [1.54, 1.807) is 18.2 Å². The number of hydrogen-bond donors (Lipinski definition) is 3. The van der Waals surface area contributed by atoms with Gasteiger partial charge in [0, 0.05) is 23.1 Å². The molecule has 0 aliphatic rings. The third-order valence-electron chi connectivity index (χ3n) is 3.48. The molecule has 0 saturated carbocycles. The number of anilines is 1. The van der Waals surface area contributed by atoms with Crippen molar-refractivity contribution in [3.8, 4) is 0 Å². The van der Waals surface area contributed by atoms with E-state index < -0.39 is 11.9 Å². The van der Waals surface area contributed by atoms with Crippen LogP contribution in [0.15, 0.2) is 54.6 Å². The molecule has 0 bridgehead atoms. The maximum atomic E-state index is 12.7. The van der Waals surface area contributed by atoms with Gasteiger partial charge in [-0.2, -0.15) is 13.2 Å². The molecule has 0 fully saturated rings. The van der Waals surface area contributed by atoms with Gasteiger partial charge >= 0.3 is 6.18 Å². The van der Waals surface area contributed by atoms with Gasteiger partial charge in [0.05, 0.1) is 0 Å². The molecule has 0 unspecified atom stereocenters. The van der Waals surface area contributed by atoms with Crippen LogP contribution in [0.2, 0.25) is 0 Å². The molecule has 1 heterocycles. The highest BCUT2D eigenvalue weighted by atomic mass is 32.1. The third kappa shape index (κ3) is 3.86. The summed E-state index contributed by atoms with van der Waals surface area (Å²) in [5.41, 5.74) is 1.37. The summed E-state index contributed by atoms with van der Waals surface area (Å²) in [6, 6.07) is 15.7. The topological polar surface area (TPSA) is 39.8 Å². The minimum Gasteiger partial charge on any atom is -0.358 e. The van der Waals surface area contributed by atoms with Gasteiger partial charge < -0.3 is 15.6 Å². The van der Waals surface area contributed by atoms with Crippen LogP contribution in [0, 0.1) is 0 Å². The second-order valence-electron chi connectivity index (χ2n) is 5.28. The predicted octanol–water partition coefficient (Wildman–Crippen LogP) is 4.67. The van der Waals surface area contributed by atoms with Crippen LogP contribution in [0.5, 0.6) is 0 Å². The van der Waals surface area contributed by atoms with Crippen molar-refractivity contribution in [2.24, 2.45) is 0 Å². The number of halogens is 3. The maximum absolute atomic E-state index is 12.7. The number of aromatic amines is 1. The highest BCUT2D eigenvalue weighted by Crippen LogP contribution is 2.31. The lowest BCUT2D eigenvalue weighted by Crippen LogP contribution is -2.27. The van der Waals surface area contributed by atoms with Gasteiger partial charge in [-0.05, 0) is 42.0 Å². The van der Waals surface area contributed by atoms with Gasteiger partial charge in [-0.25, -0.2) is 0 Å². The zero-order chi connectivity index (χ0) is 17.2. The summed E-state index contributed by atoms with van der Waals surface area (Å²) in [5, 5.41) is 6.91. The summed E-state index contributed by atoms with van der Waals surface area (Å²) in [5.74, 6) is 0. The van der Waals surface area contributed by atoms with Gasteiger partial charge in [0.25, 0.3) is 0 Å². The van der Waals surface area contributed by atoms with E-state index in [9.17, 15) is 13.2 Å². The average Bonchev–Trinajstić information content (AvgIpc) is 2.97. The van der Waals surface area contributed by atoms with Crippen LogP contribution in [-0.4, -0.2) is 10.1 Å². The number of H-pyrrole nitrogens is 1. The number of nitrogens with one attached hydrogen (secondary N) is 3. The Labute approximate surface area is 141 Å². The Balaban J connectivity index is 1.67. The molecule has 24 heavy (non-hydrogen) atoms. The first-order valence-corrected chi connectivity index (χ1v) is 7.61. The molecule has 3 N–H and O–H groups in total. The van der Waals surface area contributed by atoms with Gasteiger partial charge in [-0.15, -0.1) is 0 Å². The minimum absolute atomic E-state index is 0.407. The molecule has 0 aliphatic carbocycles. The molecular formula is C17H14F3N3S. The predicted molar refractivity (Wildman–Crippen MR) is 92.8 cm³/mol. The van der Waals surface area contributed by atoms with E-state index >= 15 is 0 Å². The molecular weight excluding hydrogens is 335 g/mol. The molecule has 3 aromatic rings. The van der Waals surface area contributed by atoms with Crippen molar-refractivity contribution in [1.82, 2.24) is 10.3 Å². The summed E-state index contributed by atoms with van der Waals surface area (Å²) in [6.07, 6.45) is -4.39. The van der Waals surface area contributed by atoms with E-state index in [-0.39, 0.29) is 0 Å². The van der Waals surface area contributed by atoms with Gasteiger partial charge in [0.2, 0.25) is 0 Å². The van der Waals surface area contributed by atoms with Crippen LogP contribution in [0.25, 0.3) is 10.9 Å². The van der Waals surface area contributed by atoms with Gasteiger partial charge in [0.15, 0.2) is 5.11 Å². The van der Waals surface area contributed by atoms with Crippen LogP contribution in [0.1, 0.15) is 11.3 Å². The first kappa shape index (κ1) is 16.3. The molecule has 0 spiro atoms. The van der Waals surface area contributed by atoms with Crippen LogP contribution in [0.3, 0.4) is 0 Å². The zero-order valence-electron chi connectivity index (χ0n) is 12.4. The number of alkyl halides is 3.